The Bertz CT molecular complexity index is 867. The first-order valence-electron chi connectivity index (χ1n) is 9.78. The van der Waals surface area contributed by atoms with Crippen LogP contribution in [-0.4, -0.2) is 59.9 Å². The Morgan fingerprint density at radius 2 is 1.69 bits per heavy atom. The highest BCUT2D eigenvalue weighted by Crippen LogP contribution is 2.22. The highest BCUT2D eigenvalue weighted by Gasteiger charge is 2.23. The van der Waals surface area contributed by atoms with Gasteiger partial charge in [-0.2, -0.15) is 0 Å². The average Bonchev–Trinajstić information content (AvgIpc) is 2.71. The van der Waals surface area contributed by atoms with Gasteiger partial charge in [-0.3, -0.25) is 4.79 Å². The molecule has 1 N–H and O–H groups in total. The molecule has 3 rings (SSSR count). The molecular formula is C21H27N5O3. The van der Waals surface area contributed by atoms with Gasteiger partial charge in [-0.05, 0) is 51.0 Å². The summed E-state index contributed by atoms with van der Waals surface area (Å²) in [5.41, 5.74) is 4.25. The van der Waals surface area contributed by atoms with Crippen LogP contribution >= 0.6 is 0 Å². The van der Waals surface area contributed by atoms with E-state index in [9.17, 15) is 9.59 Å². The molecule has 8 heteroatoms. The molecule has 0 aliphatic carbocycles. The Balaban J connectivity index is 1.62. The Hall–Kier alpha value is -3.16. The second-order valence-electron chi connectivity index (χ2n) is 7.18. The van der Waals surface area contributed by atoms with E-state index in [0.29, 0.717) is 38.6 Å². The number of rotatable bonds is 4. The number of aromatic nitrogens is 2. The van der Waals surface area contributed by atoms with Crippen LogP contribution in [0.5, 0.6) is 0 Å². The van der Waals surface area contributed by atoms with Crippen LogP contribution in [0.4, 0.5) is 16.3 Å². The summed E-state index contributed by atoms with van der Waals surface area (Å²) in [5.74, 6) is 0.402. The number of piperazine rings is 1. The fraction of sp³-hybridized carbons (Fsp3) is 0.429. The summed E-state index contributed by atoms with van der Waals surface area (Å²) >= 11 is 0. The third kappa shape index (κ3) is 4.82. The van der Waals surface area contributed by atoms with Gasteiger partial charge in [0.05, 0.1) is 6.61 Å². The molecule has 29 heavy (non-hydrogen) atoms. The molecule has 0 spiro atoms. The summed E-state index contributed by atoms with van der Waals surface area (Å²) in [6.45, 7) is 10.5. The van der Waals surface area contributed by atoms with E-state index in [1.807, 2.05) is 37.8 Å². The van der Waals surface area contributed by atoms with Crippen molar-refractivity contribution in [2.24, 2.45) is 0 Å². The SMILES string of the molecule is CCOC(=O)N1CCN(c2ccc(C(=O)Nc3c(C)cc(C)cc3C)nn2)CC1. The zero-order valence-corrected chi connectivity index (χ0v) is 17.4. The minimum atomic E-state index is -0.286. The van der Waals surface area contributed by atoms with Crippen LogP contribution in [-0.2, 0) is 4.74 Å². The van der Waals surface area contributed by atoms with Crippen molar-refractivity contribution in [1.82, 2.24) is 15.1 Å². The van der Waals surface area contributed by atoms with Gasteiger partial charge < -0.3 is 19.9 Å². The van der Waals surface area contributed by atoms with Crippen molar-refractivity contribution < 1.29 is 14.3 Å². The molecule has 2 heterocycles. The molecule has 1 aromatic heterocycles. The minimum Gasteiger partial charge on any atom is -0.450 e. The number of nitrogens with one attached hydrogen (secondary N) is 1. The van der Waals surface area contributed by atoms with Crippen molar-refractivity contribution >= 4 is 23.5 Å². The topological polar surface area (TPSA) is 87.7 Å². The quantitative estimate of drug-likeness (QED) is 0.853. The van der Waals surface area contributed by atoms with Crippen LogP contribution in [0.3, 0.4) is 0 Å². The zero-order chi connectivity index (χ0) is 21.0. The number of carbonyl (C=O) groups excluding carboxylic acids is 2. The predicted octanol–water partition coefficient (Wildman–Crippen LogP) is 2.93. The van der Waals surface area contributed by atoms with Crippen LogP contribution in [0.2, 0.25) is 0 Å². The highest BCUT2D eigenvalue weighted by molar-refractivity contribution is 6.03. The number of aryl methyl sites for hydroxylation is 3. The summed E-state index contributed by atoms with van der Waals surface area (Å²) in [4.78, 5) is 28.1. The number of benzene rings is 1. The monoisotopic (exact) mass is 397 g/mol. The van der Waals surface area contributed by atoms with Gasteiger partial charge in [0.1, 0.15) is 0 Å². The molecule has 1 aromatic carbocycles. The van der Waals surface area contributed by atoms with Gasteiger partial charge in [-0.25, -0.2) is 4.79 Å². The number of ether oxygens (including phenoxy) is 1. The van der Waals surface area contributed by atoms with Crippen LogP contribution in [0, 0.1) is 20.8 Å². The van der Waals surface area contributed by atoms with E-state index in [0.717, 1.165) is 22.4 Å². The summed E-state index contributed by atoms with van der Waals surface area (Å²) in [7, 11) is 0. The Morgan fingerprint density at radius 1 is 1.03 bits per heavy atom. The number of nitrogens with zero attached hydrogens (tertiary/aromatic N) is 4. The molecule has 1 saturated heterocycles. The molecule has 1 fully saturated rings. The van der Waals surface area contributed by atoms with Crippen molar-refractivity contribution in [1.29, 1.82) is 0 Å². The molecule has 0 atom stereocenters. The maximum absolute atomic E-state index is 12.6. The molecule has 2 amide bonds. The number of hydrogen-bond acceptors (Lipinski definition) is 6. The first-order valence-corrected chi connectivity index (χ1v) is 9.78. The van der Waals surface area contributed by atoms with Crippen LogP contribution < -0.4 is 10.2 Å². The lowest BCUT2D eigenvalue weighted by atomic mass is 10.1. The molecule has 0 saturated carbocycles. The van der Waals surface area contributed by atoms with Gasteiger partial charge in [0.25, 0.3) is 5.91 Å². The predicted molar refractivity (Wildman–Crippen MR) is 111 cm³/mol. The van der Waals surface area contributed by atoms with Crippen molar-refractivity contribution in [2.75, 3.05) is 43.0 Å². The fourth-order valence-electron chi connectivity index (χ4n) is 3.50. The standard InChI is InChI=1S/C21H27N5O3/c1-5-29-21(28)26-10-8-25(9-11-26)18-7-6-17(23-24-18)20(27)22-19-15(3)12-14(2)13-16(19)4/h6-7,12-13H,5,8-11H2,1-4H3,(H,22,27). The van der Waals surface area contributed by atoms with Crippen LogP contribution in [0.1, 0.15) is 34.1 Å². The van der Waals surface area contributed by atoms with E-state index in [2.05, 4.69) is 15.5 Å². The minimum absolute atomic E-state index is 0.262. The maximum Gasteiger partial charge on any atom is 0.409 e. The molecule has 8 nitrogen and oxygen atoms in total. The number of anilines is 2. The first-order chi connectivity index (χ1) is 13.9. The van der Waals surface area contributed by atoms with E-state index in [1.165, 1.54) is 0 Å². The van der Waals surface area contributed by atoms with E-state index in [-0.39, 0.29) is 17.7 Å². The average molecular weight is 397 g/mol. The van der Waals surface area contributed by atoms with Crippen LogP contribution in [0.25, 0.3) is 0 Å². The molecule has 2 aromatic rings. The van der Waals surface area contributed by atoms with Crippen LogP contribution in [0.15, 0.2) is 24.3 Å². The van der Waals surface area contributed by atoms with Gasteiger partial charge >= 0.3 is 6.09 Å². The summed E-state index contributed by atoms with van der Waals surface area (Å²) < 4.78 is 5.03. The maximum atomic E-state index is 12.6. The molecular weight excluding hydrogens is 370 g/mol. The largest absolute Gasteiger partial charge is 0.450 e. The van der Waals surface area contributed by atoms with E-state index in [4.69, 9.17) is 4.74 Å². The first kappa shape index (κ1) is 20.6. The third-order valence-corrected chi connectivity index (χ3v) is 4.93. The second-order valence-corrected chi connectivity index (χ2v) is 7.18. The van der Waals surface area contributed by atoms with E-state index in [1.54, 1.807) is 24.0 Å². The smallest absolute Gasteiger partial charge is 0.409 e. The van der Waals surface area contributed by atoms with Gasteiger partial charge in [0.2, 0.25) is 0 Å². The summed E-state index contributed by atoms with van der Waals surface area (Å²) in [6.07, 6.45) is -0.285. The lowest BCUT2D eigenvalue weighted by Gasteiger charge is -2.34. The Kier molecular flexibility index (Phi) is 6.31. The molecule has 0 bridgehead atoms. The second kappa shape index (κ2) is 8.89. The van der Waals surface area contributed by atoms with Crippen molar-refractivity contribution in [3.8, 4) is 0 Å². The number of hydrogen-bond donors (Lipinski definition) is 1. The van der Waals surface area contributed by atoms with Crippen molar-refractivity contribution in [3.05, 3.63) is 46.6 Å². The molecule has 0 unspecified atom stereocenters. The molecule has 154 valence electrons. The van der Waals surface area contributed by atoms with Crippen molar-refractivity contribution in [3.63, 3.8) is 0 Å². The van der Waals surface area contributed by atoms with Crippen molar-refractivity contribution in [2.45, 2.75) is 27.7 Å². The van der Waals surface area contributed by atoms with Gasteiger partial charge in [0.15, 0.2) is 11.5 Å². The number of carbonyl (C=O) groups is 2. The third-order valence-electron chi connectivity index (χ3n) is 4.93. The highest BCUT2D eigenvalue weighted by atomic mass is 16.6. The normalized spacial score (nSPS) is 13.9. The van der Waals surface area contributed by atoms with Gasteiger partial charge in [0, 0.05) is 31.9 Å². The van der Waals surface area contributed by atoms with Gasteiger partial charge in [-0.15, -0.1) is 10.2 Å². The summed E-state index contributed by atoms with van der Waals surface area (Å²) in [6, 6.07) is 7.53. The number of amides is 2. The van der Waals surface area contributed by atoms with E-state index < -0.39 is 0 Å². The van der Waals surface area contributed by atoms with E-state index >= 15 is 0 Å². The molecule has 1 aliphatic heterocycles. The molecule has 0 radical (unpaired) electrons. The zero-order valence-electron chi connectivity index (χ0n) is 17.4. The summed E-state index contributed by atoms with van der Waals surface area (Å²) in [5, 5.41) is 11.3. The fourth-order valence-corrected chi connectivity index (χ4v) is 3.50. The lowest BCUT2D eigenvalue weighted by Crippen LogP contribution is -2.49. The lowest BCUT2D eigenvalue weighted by molar-refractivity contribution is 0.101. The Labute approximate surface area is 170 Å². The molecule has 1 aliphatic rings. The Morgan fingerprint density at radius 3 is 2.24 bits per heavy atom. The van der Waals surface area contributed by atoms with Gasteiger partial charge in [-0.1, -0.05) is 17.7 Å².